The Balaban J connectivity index is 0.00000261. The van der Waals surface area contributed by atoms with Crippen molar-refractivity contribution in [3.05, 3.63) is 41.9 Å². The second-order valence-corrected chi connectivity index (χ2v) is 7.91. The van der Waals surface area contributed by atoms with E-state index in [0.29, 0.717) is 18.5 Å². The average molecular weight is 500 g/mol. The predicted octanol–water partition coefficient (Wildman–Crippen LogP) is 4.61. The fourth-order valence-electron chi connectivity index (χ4n) is 3.28. The monoisotopic (exact) mass is 500 g/mol. The Morgan fingerprint density at radius 3 is 2.78 bits per heavy atom. The molecule has 3 rings (SSSR count). The minimum Gasteiger partial charge on any atom is -0.439 e. The van der Waals surface area contributed by atoms with Gasteiger partial charge in [0, 0.05) is 23.9 Å². The van der Waals surface area contributed by atoms with Crippen LogP contribution in [-0.2, 0) is 6.54 Å². The molecule has 1 heterocycles. The summed E-state index contributed by atoms with van der Waals surface area (Å²) in [6.07, 6.45) is 8.98. The molecule has 0 bridgehead atoms. The highest BCUT2D eigenvalue weighted by molar-refractivity contribution is 14.0. The van der Waals surface area contributed by atoms with Gasteiger partial charge >= 0.3 is 0 Å². The van der Waals surface area contributed by atoms with E-state index in [9.17, 15) is 0 Å². The Kier molecular flexibility index (Phi) is 8.95. The first-order valence-corrected chi connectivity index (χ1v) is 10.5. The highest BCUT2D eigenvalue weighted by atomic mass is 127. The fourth-order valence-corrected chi connectivity index (χ4v) is 4.11. The number of thioether (sulfide) groups is 1. The zero-order valence-electron chi connectivity index (χ0n) is 16.2. The number of nitrogens with zero attached hydrogens (tertiary/aromatic N) is 2. The summed E-state index contributed by atoms with van der Waals surface area (Å²) in [5, 5.41) is 7.61. The van der Waals surface area contributed by atoms with Gasteiger partial charge in [-0.05, 0) is 32.4 Å². The van der Waals surface area contributed by atoms with Crippen LogP contribution in [0.3, 0.4) is 0 Å². The number of guanidine groups is 1. The molecule has 0 aliphatic heterocycles. The highest BCUT2D eigenvalue weighted by Crippen LogP contribution is 2.26. The van der Waals surface area contributed by atoms with Gasteiger partial charge in [0.15, 0.2) is 11.7 Å². The van der Waals surface area contributed by atoms with E-state index in [0.717, 1.165) is 22.5 Å². The topological polar surface area (TPSA) is 62.5 Å². The number of hydrogen-bond acceptors (Lipinski definition) is 4. The molecule has 148 valence electrons. The molecule has 7 heteroatoms. The molecule has 1 aliphatic rings. The summed E-state index contributed by atoms with van der Waals surface area (Å²) < 4.78 is 5.87. The minimum absolute atomic E-state index is 0. The largest absolute Gasteiger partial charge is 0.439 e. The van der Waals surface area contributed by atoms with E-state index in [4.69, 9.17) is 4.42 Å². The zero-order valence-corrected chi connectivity index (χ0v) is 19.3. The van der Waals surface area contributed by atoms with Crippen molar-refractivity contribution in [2.75, 3.05) is 13.3 Å². The van der Waals surface area contributed by atoms with Crippen molar-refractivity contribution >= 4 is 41.7 Å². The molecule has 1 aromatic carbocycles. The molecule has 2 N–H and O–H groups in total. The Hall–Kier alpha value is -1.22. The summed E-state index contributed by atoms with van der Waals surface area (Å²) >= 11 is 1.97. The maximum atomic E-state index is 5.87. The second kappa shape index (κ2) is 10.9. The van der Waals surface area contributed by atoms with Crippen molar-refractivity contribution < 1.29 is 4.42 Å². The first-order chi connectivity index (χ1) is 12.7. The molecule has 2 aromatic rings. The molecular formula is C20H29IN4OS. The normalized spacial score (nSPS) is 20.0. The fraction of sp³-hybridized carbons (Fsp3) is 0.500. The molecule has 2 atom stereocenters. The first-order valence-electron chi connectivity index (χ1n) is 9.19. The van der Waals surface area contributed by atoms with E-state index in [1.807, 2.05) is 11.8 Å². The lowest BCUT2D eigenvalue weighted by Gasteiger charge is -2.29. The average Bonchev–Trinajstić information content (AvgIpc) is 3.15. The quantitative estimate of drug-likeness (QED) is 0.357. The molecule has 1 aromatic heterocycles. The van der Waals surface area contributed by atoms with E-state index in [1.165, 1.54) is 31.2 Å². The van der Waals surface area contributed by atoms with Gasteiger partial charge in [0.05, 0.1) is 12.7 Å². The maximum Gasteiger partial charge on any atom is 0.214 e. The van der Waals surface area contributed by atoms with Crippen molar-refractivity contribution in [1.29, 1.82) is 0 Å². The number of aromatic nitrogens is 1. The van der Waals surface area contributed by atoms with Gasteiger partial charge in [-0.2, -0.15) is 11.8 Å². The standard InChI is InChI=1S/C20H28N4OS.HI/c1-14-7-9-15(10-8-14)18-12-22-19(25-18)13-23-20(21-2)24-16-5-4-6-17(11-16)26-3;/h7-10,12,16-17H,4-6,11,13H2,1-3H3,(H2,21,23,24);1H. The highest BCUT2D eigenvalue weighted by Gasteiger charge is 2.22. The SMILES string of the molecule is CN=C(NCc1ncc(-c2ccc(C)cc2)o1)NC1CCCC(SC)C1.I. The van der Waals surface area contributed by atoms with E-state index >= 15 is 0 Å². The Morgan fingerprint density at radius 2 is 2.07 bits per heavy atom. The van der Waals surface area contributed by atoms with Crippen LogP contribution in [0.5, 0.6) is 0 Å². The molecule has 0 spiro atoms. The van der Waals surface area contributed by atoms with Gasteiger partial charge in [-0.3, -0.25) is 4.99 Å². The molecule has 2 unspecified atom stereocenters. The van der Waals surface area contributed by atoms with Crippen LogP contribution in [0.2, 0.25) is 0 Å². The number of aryl methyl sites for hydroxylation is 1. The van der Waals surface area contributed by atoms with Crippen LogP contribution in [0.15, 0.2) is 39.9 Å². The van der Waals surface area contributed by atoms with E-state index in [-0.39, 0.29) is 24.0 Å². The van der Waals surface area contributed by atoms with Crippen molar-refractivity contribution in [3.63, 3.8) is 0 Å². The molecule has 1 fully saturated rings. The zero-order chi connectivity index (χ0) is 18.4. The number of nitrogens with one attached hydrogen (secondary N) is 2. The van der Waals surface area contributed by atoms with Gasteiger partial charge in [0.2, 0.25) is 5.89 Å². The van der Waals surface area contributed by atoms with Crippen molar-refractivity contribution in [2.24, 2.45) is 4.99 Å². The number of rotatable bonds is 5. The van der Waals surface area contributed by atoms with Crippen molar-refractivity contribution in [2.45, 2.75) is 50.4 Å². The Bertz CT molecular complexity index is 732. The third-order valence-corrected chi connectivity index (χ3v) is 5.92. The van der Waals surface area contributed by atoms with Gasteiger partial charge in [-0.25, -0.2) is 4.98 Å². The van der Waals surface area contributed by atoms with E-state index in [1.54, 1.807) is 13.2 Å². The predicted molar refractivity (Wildman–Crippen MR) is 125 cm³/mol. The lowest BCUT2D eigenvalue weighted by molar-refractivity contribution is 0.417. The van der Waals surface area contributed by atoms with Crippen LogP contribution in [0, 0.1) is 6.92 Å². The number of benzene rings is 1. The Labute approximate surface area is 183 Å². The number of oxazole rings is 1. The molecule has 0 radical (unpaired) electrons. The third-order valence-electron chi connectivity index (χ3n) is 4.82. The molecule has 0 saturated heterocycles. The molecule has 1 aliphatic carbocycles. The maximum absolute atomic E-state index is 5.87. The van der Waals surface area contributed by atoms with E-state index in [2.05, 4.69) is 58.1 Å². The van der Waals surface area contributed by atoms with E-state index < -0.39 is 0 Å². The number of halogens is 1. The summed E-state index contributed by atoms with van der Waals surface area (Å²) in [7, 11) is 1.80. The molecule has 5 nitrogen and oxygen atoms in total. The minimum atomic E-state index is 0. The second-order valence-electron chi connectivity index (χ2n) is 6.78. The van der Waals surface area contributed by atoms with Gasteiger partial charge in [0.1, 0.15) is 0 Å². The number of aliphatic imine (C=N–C) groups is 1. The van der Waals surface area contributed by atoms with Crippen LogP contribution in [0.1, 0.15) is 37.1 Å². The number of hydrogen-bond donors (Lipinski definition) is 2. The van der Waals surface area contributed by atoms with Gasteiger partial charge in [-0.15, -0.1) is 24.0 Å². The van der Waals surface area contributed by atoms with Gasteiger partial charge < -0.3 is 15.1 Å². The van der Waals surface area contributed by atoms with Gasteiger partial charge in [-0.1, -0.05) is 36.2 Å². The summed E-state index contributed by atoms with van der Waals surface area (Å²) in [5.41, 5.74) is 2.28. The first kappa shape index (κ1) is 22.1. The van der Waals surface area contributed by atoms with Crippen molar-refractivity contribution in [3.8, 4) is 11.3 Å². The van der Waals surface area contributed by atoms with Crippen molar-refractivity contribution in [1.82, 2.24) is 15.6 Å². The van der Waals surface area contributed by atoms with Crippen LogP contribution in [0.4, 0.5) is 0 Å². The summed E-state index contributed by atoms with van der Waals surface area (Å²) in [5.74, 6) is 2.26. The van der Waals surface area contributed by atoms with Crippen LogP contribution in [0.25, 0.3) is 11.3 Å². The molecule has 27 heavy (non-hydrogen) atoms. The Morgan fingerprint density at radius 1 is 1.30 bits per heavy atom. The smallest absolute Gasteiger partial charge is 0.214 e. The summed E-state index contributed by atoms with van der Waals surface area (Å²) in [6.45, 7) is 2.59. The summed E-state index contributed by atoms with van der Waals surface area (Å²) in [6, 6.07) is 8.75. The van der Waals surface area contributed by atoms with Crippen LogP contribution in [-0.4, -0.2) is 35.5 Å². The van der Waals surface area contributed by atoms with Crippen LogP contribution >= 0.6 is 35.7 Å². The third kappa shape index (κ3) is 6.41. The van der Waals surface area contributed by atoms with Crippen LogP contribution < -0.4 is 10.6 Å². The van der Waals surface area contributed by atoms with Gasteiger partial charge in [0.25, 0.3) is 0 Å². The molecule has 0 amide bonds. The lowest BCUT2D eigenvalue weighted by atomic mass is 9.95. The molecule has 1 saturated carbocycles. The molecular weight excluding hydrogens is 471 g/mol. The summed E-state index contributed by atoms with van der Waals surface area (Å²) in [4.78, 5) is 8.72. The lowest BCUT2D eigenvalue weighted by Crippen LogP contribution is -2.45.